The molecule has 2 fully saturated rings. The largest absolute Gasteiger partial charge is 0.341 e. The lowest BCUT2D eigenvalue weighted by Gasteiger charge is -2.44. The highest BCUT2D eigenvalue weighted by atomic mass is 16.2. The zero-order chi connectivity index (χ0) is 17.7. The van der Waals surface area contributed by atoms with Crippen LogP contribution in [-0.2, 0) is 16.0 Å². The summed E-state index contributed by atoms with van der Waals surface area (Å²) in [7, 11) is 0. The Labute approximate surface area is 151 Å². The van der Waals surface area contributed by atoms with Crippen LogP contribution in [0.2, 0.25) is 0 Å². The van der Waals surface area contributed by atoms with E-state index in [9.17, 15) is 9.59 Å². The molecule has 1 aromatic rings. The molecule has 2 saturated heterocycles. The molecule has 25 heavy (non-hydrogen) atoms. The molecule has 0 aliphatic carbocycles. The third kappa shape index (κ3) is 3.73. The van der Waals surface area contributed by atoms with E-state index in [0.29, 0.717) is 6.42 Å². The average Bonchev–Trinajstić information content (AvgIpc) is 3.05. The van der Waals surface area contributed by atoms with Crippen LogP contribution >= 0.6 is 0 Å². The molecule has 3 rings (SSSR count). The number of rotatable bonds is 6. The molecule has 1 atom stereocenters. The fourth-order valence-electron chi connectivity index (χ4n) is 4.50. The van der Waals surface area contributed by atoms with Gasteiger partial charge in [-0.05, 0) is 50.5 Å². The second-order valence-electron chi connectivity index (χ2n) is 7.42. The van der Waals surface area contributed by atoms with Gasteiger partial charge < -0.3 is 9.80 Å². The standard InChI is InChI=1S/C21H30N2O2/c1-2-15-22-16-7-13-21(20(22)25)14-8-17-23(21)19(24)12-6-11-18-9-4-3-5-10-18/h3-5,9-10H,2,6-8,11-17H2,1H3. The van der Waals surface area contributed by atoms with Crippen molar-refractivity contribution in [3.05, 3.63) is 35.9 Å². The lowest BCUT2D eigenvalue weighted by Crippen LogP contribution is -2.61. The highest BCUT2D eigenvalue weighted by molar-refractivity contribution is 5.92. The molecule has 0 aromatic heterocycles. The molecular formula is C21H30N2O2. The molecule has 0 radical (unpaired) electrons. The van der Waals surface area contributed by atoms with Crippen molar-refractivity contribution in [2.75, 3.05) is 19.6 Å². The lowest BCUT2D eigenvalue weighted by molar-refractivity contribution is -0.155. The van der Waals surface area contributed by atoms with Gasteiger partial charge in [0.2, 0.25) is 11.8 Å². The van der Waals surface area contributed by atoms with Gasteiger partial charge in [-0.1, -0.05) is 37.3 Å². The zero-order valence-corrected chi connectivity index (χ0v) is 15.4. The first-order valence-electron chi connectivity index (χ1n) is 9.81. The van der Waals surface area contributed by atoms with Gasteiger partial charge in [-0.15, -0.1) is 0 Å². The molecular weight excluding hydrogens is 312 g/mol. The van der Waals surface area contributed by atoms with Crippen LogP contribution < -0.4 is 0 Å². The third-order valence-electron chi connectivity index (χ3n) is 5.69. The molecule has 2 aliphatic heterocycles. The van der Waals surface area contributed by atoms with E-state index in [1.54, 1.807) is 0 Å². The fraction of sp³-hybridized carbons (Fsp3) is 0.619. The number of hydrogen-bond donors (Lipinski definition) is 0. The van der Waals surface area contributed by atoms with Crippen molar-refractivity contribution in [1.29, 1.82) is 0 Å². The van der Waals surface area contributed by atoms with Gasteiger partial charge in [0.15, 0.2) is 0 Å². The van der Waals surface area contributed by atoms with Gasteiger partial charge in [0.25, 0.3) is 0 Å². The van der Waals surface area contributed by atoms with Crippen molar-refractivity contribution >= 4 is 11.8 Å². The third-order valence-corrected chi connectivity index (χ3v) is 5.69. The zero-order valence-electron chi connectivity index (χ0n) is 15.4. The predicted octanol–water partition coefficient (Wildman–Crippen LogP) is 3.40. The quantitative estimate of drug-likeness (QED) is 0.795. The van der Waals surface area contributed by atoms with E-state index in [4.69, 9.17) is 0 Å². The Bertz CT molecular complexity index is 599. The Morgan fingerprint density at radius 1 is 1.12 bits per heavy atom. The highest BCUT2D eigenvalue weighted by Crippen LogP contribution is 2.38. The number of carbonyl (C=O) groups is 2. The number of hydrogen-bond acceptors (Lipinski definition) is 2. The Balaban J connectivity index is 1.62. The topological polar surface area (TPSA) is 40.6 Å². The maximum Gasteiger partial charge on any atom is 0.248 e. The Morgan fingerprint density at radius 2 is 1.84 bits per heavy atom. The summed E-state index contributed by atoms with van der Waals surface area (Å²) in [6, 6.07) is 10.3. The molecule has 1 aromatic carbocycles. The molecule has 136 valence electrons. The summed E-state index contributed by atoms with van der Waals surface area (Å²) < 4.78 is 0. The second-order valence-corrected chi connectivity index (χ2v) is 7.42. The number of nitrogens with zero attached hydrogens (tertiary/aromatic N) is 2. The van der Waals surface area contributed by atoms with Crippen LogP contribution in [-0.4, -0.2) is 46.8 Å². The van der Waals surface area contributed by atoms with Gasteiger partial charge in [-0.3, -0.25) is 9.59 Å². The van der Waals surface area contributed by atoms with E-state index in [1.165, 1.54) is 5.56 Å². The molecule has 1 unspecified atom stereocenters. The maximum absolute atomic E-state index is 13.1. The molecule has 2 amide bonds. The van der Waals surface area contributed by atoms with Crippen LogP contribution in [0.5, 0.6) is 0 Å². The molecule has 0 bridgehead atoms. The SMILES string of the molecule is CCCN1CCCC2(CCCN2C(=O)CCCc2ccccc2)C1=O. The molecule has 0 saturated carbocycles. The van der Waals surface area contributed by atoms with Crippen LogP contribution in [0.15, 0.2) is 30.3 Å². The van der Waals surface area contributed by atoms with Gasteiger partial charge >= 0.3 is 0 Å². The maximum atomic E-state index is 13.1. The van der Waals surface area contributed by atoms with Gasteiger partial charge in [0, 0.05) is 26.1 Å². The minimum absolute atomic E-state index is 0.167. The molecule has 2 aliphatic rings. The minimum atomic E-state index is -0.531. The van der Waals surface area contributed by atoms with Crippen molar-refractivity contribution in [3.8, 4) is 0 Å². The first kappa shape index (κ1) is 18.0. The number of carbonyl (C=O) groups excluding carboxylic acids is 2. The lowest BCUT2D eigenvalue weighted by atomic mass is 9.85. The first-order chi connectivity index (χ1) is 12.2. The van der Waals surface area contributed by atoms with E-state index in [2.05, 4.69) is 19.1 Å². The number of piperidine rings is 1. The van der Waals surface area contributed by atoms with E-state index in [1.807, 2.05) is 28.0 Å². The molecule has 4 nitrogen and oxygen atoms in total. The smallest absolute Gasteiger partial charge is 0.248 e. The van der Waals surface area contributed by atoms with Gasteiger partial charge in [0.05, 0.1) is 0 Å². The summed E-state index contributed by atoms with van der Waals surface area (Å²) in [6.45, 7) is 4.52. The number of benzene rings is 1. The van der Waals surface area contributed by atoms with E-state index in [0.717, 1.165) is 64.6 Å². The summed E-state index contributed by atoms with van der Waals surface area (Å²) in [4.78, 5) is 29.9. The molecule has 2 heterocycles. The number of aryl methyl sites for hydroxylation is 1. The van der Waals surface area contributed by atoms with Gasteiger partial charge in [-0.2, -0.15) is 0 Å². The van der Waals surface area contributed by atoms with Crippen molar-refractivity contribution in [3.63, 3.8) is 0 Å². The summed E-state index contributed by atoms with van der Waals surface area (Å²) in [5, 5.41) is 0. The van der Waals surface area contributed by atoms with Crippen LogP contribution in [0.4, 0.5) is 0 Å². The van der Waals surface area contributed by atoms with Crippen LogP contribution in [0, 0.1) is 0 Å². The van der Waals surface area contributed by atoms with E-state index >= 15 is 0 Å². The van der Waals surface area contributed by atoms with Crippen LogP contribution in [0.25, 0.3) is 0 Å². The summed E-state index contributed by atoms with van der Waals surface area (Å²) in [5.74, 6) is 0.370. The Hall–Kier alpha value is -1.84. The van der Waals surface area contributed by atoms with Crippen molar-refractivity contribution < 1.29 is 9.59 Å². The Morgan fingerprint density at radius 3 is 2.56 bits per heavy atom. The molecule has 4 heteroatoms. The van der Waals surface area contributed by atoms with Gasteiger partial charge in [-0.25, -0.2) is 0 Å². The number of likely N-dealkylation sites (tertiary alicyclic amines) is 2. The van der Waals surface area contributed by atoms with Crippen LogP contribution in [0.3, 0.4) is 0 Å². The van der Waals surface area contributed by atoms with Crippen molar-refractivity contribution in [1.82, 2.24) is 9.80 Å². The number of amides is 2. The van der Waals surface area contributed by atoms with E-state index in [-0.39, 0.29) is 11.8 Å². The average molecular weight is 342 g/mol. The highest BCUT2D eigenvalue weighted by Gasteiger charge is 2.52. The summed E-state index contributed by atoms with van der Waals surface area (Å²) in [5.41, 5.74) is 0.742. The van der Waals surface area contributed by atoms with Crippen LogP contribution in [0.1, 0.15) is 57.4 Å². The first-order valence-corrected chi connectivity index (χ1v) is 9.81. The van der Waals surface area contributed by atoms with Crippen molar-refractivity contribution in [2.45, 2.75) is 63.8 Å². The minimum Gasteiger partial charge on any atom is -0.341 e. The fourth-order valence-corrected chi connectivity index (χ4v) is 4.50. The second kappa shape index (κ2) is 8.03. The van der Waals surface area contributed by atoms with Gasteiger partial charge in [0.1, 0.15) is 5.54 Å². The predicted molar refractivity (Wildman–Crippen MR) is 99.2 cm³/mol. The molecule has 1 spiro atoms. The van der Waals surface area contributed by atoms with Crippen molar-refractivity contribution in [2.24, 2.45) is 0 Å². The Kier molecular flexibility index (Phi) is 5.77. The summed E-state index contributed by atoms with van der Waals surface area (Å²) >= 11 is 0. The monoisotopic (exact) mass is 342 g/mol. The van der Waals surface area contributed by atoms with E-state index < -0.39 is 5.54 Å². The normalized spacial score (nSPS) is 23.5. The summed E-state index contributed by atoms with van der Waals surface area (Å²) in [6.07, 6.45) is 6.94. The molecule has 0 N–H and O–H groups in total.